The van der Waals surface area contributed by atoms with Crippen molar-refractivity contribution in [1.82, 2.24) is 15.2 Å². The highest BCUT2D eigenvalue weighted by Crippen LogP contribution is 2.32. The number of Topliss-reactive ketones (excluding diaryl/α,β-unsaturated/α-hetero) is 1. The lowest BCUT2D eigenvalue weighted by atomic mass is 9.85. The van der Waals surface area contributed by atoms with Gasteiger partial charge in [-0.3, -0.25) is 9.59 Å². The number of nitrogens with one attached hydrogen (secondary N) is 1. The highest BCUT2D eigenvalue weighted by Gasteiger charge is 2.44. The van der Waals surface area contributed by atoms with Gasteiger partial charge in [0, 0.05) is 19.4 Å². The Morgan fingerprint density at radius 3 is 2.45 bits per heavy atom. The minimum Gasteiger partial charge on any atom is -0.508 e. The number of hydrogen-bond acceptors (Lipinski definition) is 8. The summed E-state index contributed by atoms with van der Waals surface area (Å²) in [5, 5.41) is 23.6. The number of rotatable bonds is 7. The van der Waals surface area contributed by atoms with E-state index >= 15 is 0 Å². The molecule has 3 rings (SSSR count). The highest BCUT2D eigenvalue weighted by atomic mass is 32.1. The summed E-state index contributed by atoms with van der Waals surface area (Å²) in [6.07, 6.45) is -1.05. The number of aromatic hydroxyl groups is 1. The monoisotopic (exact) mass is 545 g/mol. The van der Waals surface area contributed by atoms with E-state index in [1.807, 2.05) is 33.8 Å². The number of benzene rings is 1. The average Bonchev–Trinajstić information content (AvgIpc) is 3.39. The predicted octanol–water partition coefficient (Wildman–Crippen LogP) is 4.23. The molecule has 1 aromatic carbocycles. The average molecular weight is 546 g/mol. The van der Waals surface area contributed by atoms with Gasteiger partial charge in [-0.05, 0) is 56.7 Å². The molecule has 1 unspecified atom stereocenters. The quantitative estimate of drug-likeness (QED) is 0.475. The molecular formula is C28H39N3O6S. The summed E-state index contributed by atoms with van der Waals surface area (Å²) in [7, 11) is 0. The van der Waals surface area contributed by atoms with Crippen LogP contribution in [0.15, 0.2) is 23.7 Å². The first-order valence-corrected chi connectivity index (χ1v) is 13.7. The largest absolute Gasteiger partial charge is 0.508 e. The Hall–Kier alpha value is -2.98. The van der Waals surface area contributed by atoms with Crippen LogP contribution in [0.1, 0.15) is 65.6 Å². The van der Waals surface area contributed by atoms with Crippen LogP contribution in [-0.2, 0) is 20.7 Å². The van der Waals surface area contributed by atoms with Crippen LogP contribution >= 0.6 is 11.3 Å². The van der Waals surface area contributed by atoms with E-state index in [1.54, 1.807) is 38.4 Å². The minimum atomic E-state index is -0.954. The Balaban J connectivity index is 1.71. The summed E-state index contributed by atoms with van der Waals surface area (Å²) in [6.45, 7) is 12.6. The van der Waals surface area contributed by atoms with Crippen LogP contribution in [0.3, 0.4) is 0 Å². The molecule has 2 aromatic rings. The Kier molecular flexibility index (Phi) is 8.88. The number of carbonyl (C=O) groups is 3. The molecule has 1 aliphatic rings. The molecule has 2 amide bonds. The maximum absolute atomic E-state index is 13.6. The lowest BCUT2D eigenvalue weighted by molar-refractivity contribution is -0.141. The van der Waals surface area contributed by atoms with Gasteiger partial charge in [0.25, 0.3) is 0 Å². The fourth-order valence-corrected chi connectivity index (χ4v) is 5.32. The number of hydrogen-bond donors (Lipinski definition) is 3. The molecule has 10 heteroatoms. The van der Waals surface area contributed by atoms with Crippen molar-refractivity contribution in [2.24, 2.45) is 5.41 Å². The third-order valence-electron chi connectivity index (χ3n) is 6.44. The SMILES string of the molecule is Cc1ncsc1-c1ccc(CCC(=O)C2C[C@@H](O)CN2C(=O)[C@@H](NC(=O)OC(C)(C)C)C(C)(C)C)c(O)c1. The normalized spacial score (nSPS) is 18.8. The number of nitrogens with zero attached hydrogens (tertiary/aromatic N) is 2. The van der Waals surface area contributed by atoms with E-state index in [0.717, 1.165) is 16.1 Å². The molecule has 0 radical (unpaired) electrons. The second-order valence-corrected chi connectivity index (χ2v) is 12.8. The minimum absolute atomic E-state index is 0.00592. The molecule has 3 atom stereocenters. The van der Waals surface area contributed by atoms with Crippen molar-refractivity contribution < 1.29 is 29.3 Å². The van der Waals surface area contributed by atoms with Gasteiger partial charge in [0.1, 0.15) is 17.4 Å². The summed E-state index contributed by atoms with van der Waals surface area (Å²) < 4.78 is 5.35. The first-order chi connectivity index (χ1) is 17.6. The van der Waals surface area contributed by atoms with Crippen LogP contribution < -0.4 is 5.32 Å². The number of phenols is 1. The first kappa shape index (κ1) is 29.6. The Morgan fingerprint density at radius 1 is 1.21 bits per heavy atom. The van der Waals surface area contributed by atoms with Crippen LogP contribution in [-0.4, -0.2) is 68.2 Å². The smallest absolute Gasteiger partial charge is 0.408 e. The van der Waals surface area contributed by atoms with E-state index in [1.165, 1.54) is 16.2 Å². The molecule has 1 aliphatic heterocycles. The van der Waals surface area contributed by atoms with Gasteiger partial charge >= 0.3 is 6.09 Å². The van der Waals surface area contributed by atoms with Gasteiger partial charge in [-0.2, -0.15) is 0 Å². The zero-order valence-electron chi connectivity index (χ0n) is 23.2. The third kappa shape index (κ3) is 7.32. The Bertz CT molecular complexity index is 1180. The molecule has 208 valence electrons. The van der Waals surface area contributed by atoms with Crippen molar-refractivity contribution in [3.05, 3.63) is 35.0 Å². The number of thiazole rings is 1. The predicted molar refractivity (Wildman–Crippen MR) is 146 cm³/mol. The second kappa shape index (κ2) is 11.4. The molecule has 9 nitrogen and oxygen atoms in total. The topological polar surface area (TPSA) is 129 Å². The van der Waals surface area contributed by atoms with Gasteiger partial charge in [0.2, 0.25) is 5.91 Å². The number of phenolic OH excluding ortho intramolecular Hbond substituents is 1. The number of carbonyl (C=O) groups excluding carboxylic acids is 3. The van der Waals surface area contributed by atoms with E-state index in [4.69, 9.17) is 4.74 Å². The number of alkyl carbamates (subject to hydrolysis) is 1. The van der Waals surface area contributed by atoms with Crippen molar-refractivity contribution in [2.45, 2.75) is 91.5 Å². The highest BCUT2D eigenvalue weighted by molar-refractivity contribution is 7.13. The van der Waals surface area contributed by atoms with Gasteiger partial charge < -0.3 is 25.2 Å². The summed E-state index contributed by atoms with van der Waals surface area (Å²) in [6, 6.07) is 3.59. The van der Waals surface area contributed by atoms with Crippen LogP contribution in [0, 0.1) is 12.3 Å². The van der Waals surface area contributed by atoms with Crippen LogP contribution in [0.4, 0.5) is 4.79 Å². The van der Waals surface area contributed by atoms with Crippen molar-refractivity contribution in [3.63, 3.8) is 0 Å². The van der Waals surface area contributed by atoms with Gasteiger partial charge in [-0.1, -0.05) is 32.9 Å². The van der Waals surface area contributed by atoms with Gasteiger partial charge in [-0.25, -0.2) is 9.78 Å². The molecule has 1 aromatic heterocycles. The number of ketones is 1. The number of β-amino-alcohol motifs (C(OH)–C–C–N with tert-alkyl or cyclic N) is 1. The number of aliphatic hydroxyl groups is 1. The van der Waals surface area contributed by atoms with E-state index in [2.05, 4.69) is 10.3 Å². The van der Waals surface area contributed by atoms with E-state index in [0.29, 0.717) is 12.0 Å². The van der Waals surface area contributed by atoms with Crippen LogP contribution in [0.5, 0.6) is 5.75 Å². The van der Waals surface area contributed by atoms with E-state index in [9.17, 15) is 24.6 Å². The van der Waals surface area contributed by atoms with E-state index < -0.39 is 41.2 Å². The molecule has 0 saturated carbocycles. The number of aromatic nitrogens is 1. The van der Waals surface area contributed by atoms with Gasteiger partial charge in [0.05, 0.1) is 28.2 Å². The van der Waals surface area contributed by atoms with Crippen LogP contribution in [0.25, 0.3) is 10.4 Å². The zero-order chi connectivity index (χ0) is 28.4. The van der Waals surface area contributed by atoms with Crippen molar-refractivity contribution in [2.75, 3.05) is 6.54 Å². The number of likely N-dealkylation sites (tertiary alicyclic amines) is 1. The number of ether oxygens (including phenoxy) is 1. The summed E-state index contributed by atoms with van der Waals surface area (Å²) in [4.78, 5) is 45.9. The summed E-state index contributed by atoms with van der Waals surface area (Å²) in [5.74, 6) is -0.552. The maximum atomic E-state index is 13.6. The third-order valence-corrected chi connectivity index (χ3v) is 7.42. The molecule has 0 aliphatic carbocycles. The van der Waals surface area contributed by atoms with E-state index in [-0.39, 0.29) is 30.9 Å². The standard InChI is InChI=1S/C28H39N3O6S/c1-16-23(38-15-29-16)18-9-8-17(22(34)12-18)10-11-21(33)20-13-19(32)14-31(20)25(35)24(27(2,3)4)30-26(36)37-28(5,6)7/h8-9,12,15,19-20,24,32,34H,10-11,13-14H2,1-7H3,(H,30,36)/t19-,20?,24-/m1/s1. The number of aryl methyl sites for hydroxylation is 2. The van der Waals surface area contributed by atoms with Crippen molar-refractivity contribution in [1.29, 1.82) is 0 Å². The molecule has 3 N–H and O–H groups in total. The molecule has 1 fully saturated rings. The lowest BCUT2D eigenvalue weighted by Crippen LogP contribution is -2.57. The molecule has 1 saturated heterocycles. The van der Waals surface area contributed by atoms with Gasteiger partial charge in [-0.15, -0.1) is 11.3 Å². The summed E-state index contributed by atoms with van der Waals surface area (Å²) in [5.41, 5.74) is 2.72. The summed E-state index contributed by atoms with van der Waals surface area (Å²) >= 11 is 1.49. The zero-order valence-corrected chi connectivity index (χ0v) is 24.0. The number of amides is 2. The van der Waals surface area contributed by atoms with Crippen molar-refractivity contribution in [3.8, 4) is 16.2 Å². The lowest BCUT2D eigenvalue weighted by Gasteiger charge is -2.35. The Morgan fingerprint density at radius 2 is 1.89 bits per heavy atom. The fraction of sp³-hybridized carbons (Fsp3) is 0.571. The maximum Gasteiger partial charge on any atom is 0.408 e. The first-order valence-electron chi connectivity index (χ1n) is 12.8. The number of aliphatic hydroxyl groups excluding tert-OH is 1. The van der Waals surface area contributed by atoms with Gasteiger partial charge in [0.15, 0.2) is 5.78 Å². The molecular weight excluding hydrogens is 506 g/mol. The molecule has 0 bridgehead atoms. The van der Waals surface area contributed by atoms with Crippen LogP contribution in [0.2, 0.25) is 0 Å². The second-order valence-electron chi connectivity index (χ2n) is 11.9. The Labute approximate surface area is 228 Å². The fourth-order valence-electron chi connectivity index (χ4n) is 4.52. The molecule has 0 spiro atoms. The van der Waals surface area contributed by atoms with Crippen molar-refractivity contribution >= 4 is 29.1 Å². The molecule has 2 heterocycles. The molecule has 38 heavy (non-hydrogen) atoms.